The average molecular weight is 477 g/mol. The maximum atomic E-state index is 11.8. The van der Waals surface area contributed by atoms with E-state index < -0.39 is 0 Å². The molecule has 0 aromatic heterocycles. The van der Waals surface area contributed by atoms with Gasteiger partial charge >= 0.3 is 0 Å². The quantitative estimate of drug-likeness (QED) is 0.478. The molecule has 0 atom stereocenters. The van der Waals surface area contributed by atoms with Crippen LogP contribution in [0.25, 0.3) is 0 Å². The van der Waals surface area contributed by atoms with Crippen molar-refractivity contribution in [2.45, 2.75) is 27.2 Å². The Balaban J connectivity index is 2.34. The Labute approximate surface area is 165 Å². The molecule has 0 aliphatic rings. The number of hydrogen-bond donors (Lipinski definition) is 3. The van der Waals surface area contributed by atoms with E-state index in [1.165, 1.54) is 0 Å². The number of amides is 2. The van der Waals surface area contributed by atoms with Crippen LogP contribution in [-0.4, -0.2) is 25.0 Å². The number of carbonyl (C=O) groups excluding carboxylic acids is 2. The highest BCUT2D eigenvalue weighted by Crippen LogP contribution is 2.31. The zero-order valence-corrected chi connectivity index (χ0v) is 17.7. The number of nitrogens with one attached hydrogen (secondary N) is 3. The van der Waals surface area contributed by atoms with Crippen molar-refractivity contribution in [2.75, 3.05) is 13.2 Å². The summed E-state index contributed by atoms with van der Waals surface area (Å²) >= 11 is 6.81. The van der Waals surface area contributed by atoms with Crippen LogP contribution in [0, 0.1) is 12.8 Å². The summed E-state index contributed by atoms with van der Waals surface area (Å²) in [5.41, 5.74) is 6.46. The highest BCUT2D eigenvalue weighted by molar-refractivity contribution is 9.11. The summed E-state index contributed by atoms with van der Waals surface area (Å²) in [6, 6.07) is 3.69. The van der Waals surface area contributed by atoms with Crippen molar-refractivity contribution in [3.63, 3.8) is 0 Å². The molecule has 25 heavy (non-hydrogen) atoms. The average Bonchev–Trinajstić information content (AvgIpc) is 2.53. The molecule has 0 unspecified atom stereocenters. The van der Waals surface area contributed by atoms with Gasteiger partial charge in [-0.25, -0.2) is 0 Å². The second-order valence-corrected chi connectivity index (χ2v) is 7.68. The number of aryl methyl sites for hydroxylation is 1. The normalized spacial score (nSPS) is 10.3. The molecule has 3 N–H and O–H groups in total. The van der Waals surface area contributed by atoms with Crippen LogP contribution in [0.15, 0.2) is 33.4 Å². The molecule has 1 rings (SSSR count). The highest BCUT2D eigenvalue weighted by atomic mass is 79.9. The third kappa shape index (κ3) is 8.40. The monoisotopic (exact) mass is 475 g/mol. The largest absolute Gasteiger partial charge is 0.483 e. The molecule has 0 aliphatic carbocycles. The van der Waals surface area contributed by atoms with Crippen molar-refractivity contribution in [1.29, 1.82) is 0 Å². The summed E-state index contributed by atoms with van der Waals surface area (Å²) in [5, 5.41) is 2.78. The van der Waals surface area contributed by atoms with Crippen LogP contribution < -0.4 is 20.9 Å². The van der Waals surface area contributed by atoms with Gasteiger partial charge in [-0.1, -0.05) is 36.4 Å². The van der Waals surface area contributed by atoms with Gasteiger partial charge < -0.3 is 15.5 Å². The lowest BCUT2D eigenvalue weighted by molar-refractivity contribution is -0.124. The molecular formula is C17H23Br2N3O3. The second kappa shape index (κ2) is 10.5. The van der Waals surface area contributed by atoms with Gasteiger partial charge in [0.05, 0.1) is 10.9 Å². The summed E-state index contributed by atoms with van der Waals surface area (Å²) in [7, 11) is 0. The predicted molar refractivity (Wildman–Crippen MR) is 105 cm³/mol. The van der Waals surface area contributed by atoms with E-state index in [1.807, 2.05) is 32.9 Å². The number of rotatable bonds is 9. The van der Waals surface area contributed by atoms with Crippen LogP contribution in [0.2, 0.25) is 0 Å². The lowest BCUT2D eigenvalue weighted by Crippen LogP contribution is -2.40. The van der Waals surface area contributed by atoms with Gasteiger partial charge in [0.15, 0.2) is 6.61 Å². The molecule has 0 saturated carbocycles. The zero-order valence-electron chi connectivity index (χ0n) is 14.5. The van der Waals surface area contributed by atoms with E-state index in [2.05, 4.69) is 54.6 Å². The number of hydrogen-bond acceptors (Lipinski definition) is 4. The van der Waals surface area contributed by atoms with Gasteiger partial charge in [0.1, 0.15) is 5.75 Å². The number of ether oxygens (including phenoxy) is 1. The van der Waals surface area contributed by atoms with Crippen molar-refractivity contribution >= 4 is 43.7 Å². The first-order chi connectivity index (χ1) is 11.7. The molecule has 0 radical (unpaired) electrons. The van der Waals surface area contributed by atoms with Crippen LogP contribution in [-0.2, 0) is 9.59 Å². The van der Waals surface area contributed by atoms with Gasteiger partial charge in [-0.2, -0.15) is 0 Å². The van der Waals surface area contributed by atoms with E-state index in [0.29, 0.717) is 23.9 Å². The van der Waals surface area contributed by atoms with Crippen molar-refractivity contribution in [2.24, 2.45) is 5.92 Å². The number of benzene rings is 1. The molecule has 0 spiro atoms. The molecule has 138 valence electrons. The first-order valence-corrected chi connectivity index (χ1v) is 9.35. The smallest absolute Gasteiger partial charge is 0.276 e. The fraction of sp³-hybridized carbons (Fsp3) is 0.412. The van der Waals surface area contributed by atoms with E-state index in [4.69, 9.17) is 4.74 Å². The Kier molecular flexibility index (Phi) is 8.99. The lowest BCUT2D eigenvalue weighted by atomic mass is 10.2. The highest BCUT2D eigenvalue weighted by Gasteiger charge is 2.09. The Morgan fingerprint density at radius 2 is 1.84 bits per heavy atom. The molecule has 0 saturated heterocycles. The van der Waals surface area contributed by atoms with Gasteiger partial charge in [-0.05, 0) is 46.5 Å². The van der Waals surface area contributed by atoms with Gasteiger partial charge in [-0.15, -0.1) is 0 Å². The second-order valence-electron chi connectivity index (χ2n) is 5.97. The van der Waals surface area contributed by atoms with Gasteiger partial charge in [0.2, 0.25) is 5.91 Å². The molecule has 0 aliphatic heterocycles. The molecule has 0 heterocycles. The number of carbonyl (C=O) groups is 2. The Bertz CT molecular complexity index is 648. The number of hydrazine groups is 1. The minimum Gasteiger partial charge on any atom is -0.483 e. The fourth-order valence-electron chi connectivity index (χ4n) is 1.70. The molecule has 8 heteroatoms. The molecule has 6 nitrogen and oxygen atoms in total. The Hall–Kier alpha value is -1.54. The third-order valence-electron chi connectivity index (χ3n) is 3.03. The Morgan fingerprint density at radius 1 is 1.16 bits per heavy atom. The molecular weight excluding hydrogens is 454 g/mol. The van der Waals surface area contributed by atoms with Gasteiger partial charge in [-0.3, -0.25) is 15.0 Å². The predicted octanol–water partition coefficient (Wildman–Crippen LogP) is 3.20. The minimum absolute atomic E-state index is 0.0886. The topological polar surface area (TPSA) is 79.5 Å². The van der Waals surface area contributed by atoms with Crippen LogP contribution in [0.4, 0.5) is 0 Å². The first-order valence-electron chi connectivity index (χ1n) is 7.76. The fourth-order valence-corrected chi connectivity index (χ4v) is 2.81. The summed E-state index contributed by atoms with van der Waals surface area (Å²) < 4.78 is 7.18. The van der Waals surface area contributed by atoms with Crippen LogP contribution in [0.5, 0.6) is 5.75 Å². The van der Waals surface area contributed by atoms with Gasteiger partial charge in [0.25, 0.3) is 5.91 Å². The standard InChI is InChI=1S/C17H23Br2N3O3/c1-10(2)8-20-16(23)6-12(4)21-22-17(24)9-25-15-5-11(3)13(18)7-14(15)19/h5,7,10,21H,4,6,8-9H2,1-3H3,(H,20,23)(H,22,24). The maximum absolute atomic E-state index is 11.8. The van der Waals surface area contributed by atoms with Gasteiger partial charge in [0, 0.05) is 16.7 Å². The molecule has 0 fully saturated rings. The van der Waals surface area contributed by atoms with E-state index in [0.717, 1.165) is 14.5 Å². The van der Waals surface area contributed by atoms with E-state index in [1.54, 1.807) is 0 Å². The zero-order chi connectivity index (χ0) is 19.0. The van der Waals surface area contributed by atoms with Crippen LogP contribution in [0.1, 0.15) is 25.8 Å². The van der Waals surface area contributed by atoms with Crippen molar-refractivity contribution in [3.8, 4) is 5.75 Å². The number of halogens is 2. The summed E-state index contributed by atoms with van der Waals surface area (Å²) in [6.07, 6.45) is 0.0886. The van der Waals surface area contributed by atoms with E-state index in [-0.39, 0.29) is 24.8 Å². The van der Waals surface area contributed by atoms with Crippen LogP contribution >= 0.6 is 31.9 Å². The molecule has 2 amide bonds. The van der Waals surface area contributed by atoms with Crippen molar-refractivity contribution in [1.82, 2.24) is 16.2 Å². The van der Waals surface area contributed by atoms with Crippen molar-refractivity contribution < 1.29 is 14.3 Å². The van der Waals surface area contributed by atoms with Crippen molar-refractivity contribution in [3.05, 3.63) is 38.9 Å². The summed E-state index contributed by atoms with van der Waals surface area (Å²) in [5.74, 6) is 0.425. The minimum atomic E-state index is -0.379. The Morgan fingerprint density at radius 3 is 2.48 bits per heavy atom. The molecule has 0 bridgehead atoms. The lowest BCUT2D eigenvalue weighted by Gasteiger charge is -2.13. The first kappa shape index (κ1) is 21.5. The maximum Gasteiger partial charge on any atom is 0.276 e. The van der Waals surface area contributed by atoms with E-state index in [9.17, 15) is 9.59 Å². The van der Waals surface area contributed by atoms with Crippen LogP contribution in [0.3, 0.4) is 0 Å². The third-order valence-corrected chi connectivity index (χ3v) is 4.51. The van der Waals surface area contributed by atoms with E-state index >= 15 is 0 Å². The SMILES string of the molecule is C=C(CC(=O)NCC(C)C)NNC(=O)COc1cc(C)c(Br)cc1Br. The summed E-state index contributed by atoms with van der Waals surface area (Å²) in [4.78, 5) is 23.5. The molecule has 1 aromatic carbocycles. The summed E-state index contributed by atoms with van der Waals surface area (Å²) in [6.45, 7) is 10.1. The molecule has 1 aromatic rings.